The molecule has 0 atom stereocenters. The largest absolute Gasteiger partial charge is 0.329 e. The molecular weight excluding hydrogens is 484 g/mol. The number of benzene rings is 3. The van der Waals surface area contributed by atoms with Crippen molar-refractivity contribution in [3.8, 4) is 16.8 Å². The van der Waals surface area contributed by atoms with E-state index in [1.54, 1.807) is 9.58 Å². The van der Waals surface area contributed by atoms with E-state index in [-0.39, 0.29) is 23.8 Å². The molecule has 0 saturated heterocycles. The molecule has 0 spiro atoms. The first-order chi connectivity index (χ1) is 18.6. The SMILES string of the molecule is CCCN(CC(=O)Nc1cc(C(C)(C)C)nn1-c1cccc(C)c1C)C(=O)c1ccc(-c2ccccc2)cc1. The quantitative estimate of drug-likeness (QED) is 0.272. The Morgan fingerprint density at radius 3 is 2.21 bits per heavy atom. The Kier molecular flexibility index (Phi) is 8.34. The van der Waals surface area contributed by atoms with Crippen molar-refractivity contribution in [3.63, 3.8) is 0 Å². The van der Waals surface area contributed by atoms with Gasteiger partial charge in [-0.05, 0) is 60.7 Å². The highest BCUT2D eigenvalue weighted by Crippen LogP contribution is 2.28. The van der Waals surface area contributed by atoms with Gasteiger partial charge < -0.3 is 10.2 Å². The van der Waals surface area contributed by atoms with E-state index in [0.29, 0.717) is 17.9 Å². The molecule has 0 unspecified atom stereocenters. The van der Waals surface area contributed by atoms with Crippen molar-refractivity contribution in [2.24, 2.45) is 0 Å². The molecule has 0 aliphatic carbocycles. The van der Waals surface area contributed by atoms with Gasteiger partial charge in [0, 0.05) is 23.6 Å². The van der Waals surface area contributed by atoms with Crippen LogP contribution in [0.3, 0.4) is 0 Å². The van der Waals surface area contributed by atoms with Crippen molar-refractivity contribution in [2.75, 3.05) is 18.4 Å². The van der Waals surface area contributed by atoms with E-state index < -0.39 is 0 Å². The zero-order valence-corrected chi connectivity index (χ0v) is 23.8. The summed E-state index contributed by atoms with van der Waals surface area (Å²) in [5, 5.41) is 7.90. The number of anilines is 1. The number of carbonyl (C=O) groups excluding carboxylic acids is 2. The Bertz CT molecular complexity index is 1450. The molecule has 1 heterocycles. The van der Waals surface area contributed by atoms with E-state index in [2.05, 4.69) is 46.0 Å². The number of rotatable bonds is 8. The van der Waals surface area contributed by atoms with Crippen molar-refractivity contribution in [3.05, 3.63) is 101 Å². The lowest BCUT2D eigenvalue weighted by Gasteiger charge is -2.22. The van der Waals surface area contributed by atoms with Crippen molar-refractivity contribution < 1.29 is 9.59 Å². The van der Waals surface area contributed by atoms with Gasteiger partial charge in [-0.2, -0.15) is 5.10 Å². The molecule has 4 rings (SSSR count). The second-order valence-electron chi connectivity index (χ2n) is 11.0. The van der Waals surface area contributed by atoms with Crippen LogP contribution >= 0.6 is 0 Å². The van der Waals surface area contributed by atoms with E-state index in [1.807, 2.05) is 79.7 Å². The summed E-state index contributed by atoms with van der Waals surface area (Å²) in [6, 6.07) is 25.6. The van der Waals surface area contributed by atoms with Gasteiger partial charge in [-0.1, -0.05) is 82.3 Å². The van der Waals surface area contributed by atoms with Gasteiger partial charge in [0.15, 0.2) is 0 Å². The Morgan fingerprint density at radius 1 is 0.897 bits per heavy atom. The molecule has 0 fully saturated rings. The Labute approximate surface area is 231 Å². The third-order valence-electron chi connectivity index (χ3n) is 6.90. The van der Waals surface area contributed by atoms with Crippen LogP contribution < -0.4 is 5.32 Å². The third-order valence-corrected chi connectivity index (χ3v) is 6.90. The van der Waals surface area contributed by atoms with E-state index in [1.165, 1.54) is 0 Å². The smallest absolute Gasteiger partial charge is 0.254 e. The molecule has 0 bridgehead atoms. The minimum absolute atomic E-state index is 0.0457. The number of nitrogens with one attached hydrogen (secondary N) is 1. The van der Waals surface area contributed by atoms with Gasteiger partial charge in [0.25, 0.3) is 5.91 Å². The summed E-state index contributed by atoms with van der Waals surface area (Å²) in [4.78, 5) is 28.3. The van der Waals surface area contributed by atoms with Crippen LogP contribution in [-0.4, -0.2) is 39.6 Å². The van der Waals surface area contributed by atoms with Crippen molar-refractivity contribution in [2.45, 2.75) is 53.4 Å². The molecule has 6 nitrogen and oxygen atoms in total. The summed E-state index contributed by atoms with van der Waals surface area (Å²) in [6.07, 6.45) is 0.746. The fourth-order valence-electron chi connectivity index (χ4n) is 4.48. The first-order valence-electron chi connectivity index (χ1n) is 13.5. The van der Waals surface area contributed by atoms with Crippen LogP contribution in [0, 0.1) is 13.8 Å². The van der Waals surface area contributed by atoms with Gasteiger partial charge in [0.1, 0.15) is 12.4 Å². The van der Waals surface area contributed by atoms with Crippen LogP contribution in [0.5, 0.6) is 0 Å². The minimum Gasteiger partial charge on any atom is -0.329 e. The maximum absolute atomic E-state index is 13.4. The predicted molar refractivity (Wildman–Crippen MR) is 158 cm³/mol. The van der Waals surface area contributed by atoms with Gasteiger partial charge in [0.2, 0.25) is 5.91 Å². The summed E-state index contributed by atoms with van der Waals surface area (Å²) >= 11 is 0. The lowest BCUT2D eigenvalue weighted by atomic mass is 9.92. The normalized spacial score (nSPS) is 11.3. The average molecular weight is 523 g/mol. The summed E-state index contributed by atoms with van der Waals surface area (Å²) < 4.78 is 1.80. The Balaban J connectivity index is 1.56. The summed E-state index contributed by atoms with van der Waals surface area (Å²) in [6.45, 7) is 12.8. The van der Waals surface area contributed by atoms with Gasteiger partial charge in [-0.3, -0.25) is 9.59 Å². The summed E-state index contributed by atoms with van der Waals surface area (Å²) in [5.41, 5.74) is 6.54. The number of aryl methyl sites for hydroxylation is 1. The molecule has 0 aliphatic rings. The Hall–Kier alpha value is -4.19. The van der Waals surface area contributed by atoms with Gasteiger partial charge >= 0.3 is 0 Å². The lowest BCUT2D eigenvalue weighted by Crippen LogP contribution is -2.38. The molecule has 6 heteroatoms. The van der Waals surface area contributed by atoms with Crippen LogP contribution in [-0.2, 0) is 10.2 Å². The molecule has 0 aliphatic heterocycles. The topological polar surface area (TPSA) is 67.2 Å². The Morgan fingerprint density at radius 2 is 1.56 bits per heavy atom. The highest BCUT2D eigenvalue weighted by atomic mass is 16.2. The molecule has 0 radical (unpaired) electrons. The van der Waals surface area contributed by atoms with Crippen LogP contribution in [0.25, 0.3) is 16.8 Å². The molecular formula is C33H38N4O2. The maximum Gasteiger partial charge on any atom is 0.254 e. The van der Waals surface area contributed by atoms with Crippen molar-refractivity contribution in [1.82, 2.24) is 14.7 Å². The summed E-state index contributed by atoms with van der Waals surface area (Å²) in [5.74, 6) is 0.171. The first-order valence-corrected chi connectivity index (χ1v) is 13.5. The minimum atomic E-state index is -0.260. The average Bonchev–Trinajstić information content (AvgIpc) is 3.34. The van der Waals surface area contributed by atoms with E-state index in [9.17, 15) is 9.59 Å². The van der Waals surface area contributed by atoms with Crippen LogP contribution in [0.15, 0.2) is 78.9 Å². The zero-order chi connectivity index (χ0) is 28.2. The summed E-state index contributed by atoms with van der Waals surface area (Å²) in [7, 11) is 0. The fourth-order valence-corrected chi connectivity index (χ4v) is 4.48. The molecule has 0 saturated carbocycles. The highest BCUT2D eigenvalue weighted by molar-refractivity contribution is 5.99. The van der Waals surface area contributed by atoms with E-state index in [4.69, 9.17) is 5.10 Å². The van der Waals surface area contributed by atoms with E-state index >= 15 is 0 Å². The fraction of sp³-hybridized carbons (Fsp3) is 0.303. The molecule has 3 aromatic carbocycles. The number of hydrogen-bond donors (Lipinski definition) is 1. The molecule has 4 aromatic rings. The van der Waals surface area contributed by atoms with Crippen molar-refractivity contribution in [1.29, 1.82) is 0 Å². The van der Waals surface area contributed by atoms with Crippen molar-refractivity contribution >= 4 is 17.6 Å². The number of amides is 2. The zero-order valence-electron chi connectivity index (χ0n) is 23.8. The van der Waals surface area contributed by atoms with Gasteiger partial charge in [-0.25, -0.2) is 4.68 Å². The molecule has 39 heavy (non-hydrogen) atoms. The van der Waals surface area contributed by atoms with Gasteiger partial charge in [-0.15, -0.1) is 0 Å². The van der Waals surface area contributed by atoms with Crippen LogP contribution in [0.2, 0.25) is 0 Å². The molecule has 1 N–H and O–H groups in total. The van der Waals surface area contributed by atoms with Crippen LogP contribution in [0.1, 0.15) is 61.3 Å². The maximum atomic E-state index is 13.4. The molecule has 1 aromatic heterocycles. The van der Waals surface area contributed by atoms with E-state index in [0.717, 1.165) is 40.1 Å². The standard InChI is InChI=1S/C33H38N4O2/c1-7-20-36(32(39)27-18-16-26(17-19-27)25-13-9-8-10-14-25)22-31(38)34-30-21-29(33(4,5)6)35-37(30)28-15-11-12-23(2)24(28)3/h8-19,21H,7,20,22H2,1-6H3,(H,34,38). The number of carbonyl (C=O) groups is 2. The van der Waals surface area contributed by atoms with Gasteiger partial charge in [0.05, 0.1) is 11.4 Å². The lowest BCUT2D eigenvalue weighted by molar-refractivity contribution is -0.116. The van der Waals surface area contributed by atoms with Crippen LogP contribution in [0.4, 0.5) is 5.82 Å². The number of aromatic nitrogens is 2. The number of nitrogens with zero attached hydrogens (tertiary/aromatic N) is 3. The highest BCUT2D eigenvalue weighted by Gasteiger charge is 2.24. The molecule has 2 amide bonds. The predicted octanol–water partition coefficient (Wildman–Crippen LogP) is 6.94. The molecule has 202 valence electrons. The monoisotopic (exact) mass is 522 g/mol. The second kappa shape index (κ2) is 11.7. The second-order valence-corrected chi connectivity index (χ2v) is 11.0. The third kappa shape index (κ3) is 6.45. The first kappa shape index (κ1) is 27.8. The number of hydrogen-bond acceptors (Lipinski definition) is 3.